The molecular weight excluding hydrogens is 426 g/mol. The molecule has 1 atom stereocenters. The van der Waals surface area contributed by atoms with Crippen LogP contribution in [0.3, 0.4) is 0 Å². The number of carbonyl (C=O) groups excluding carboxylic acids is 1. The van der Waals surface area contributed by atoms with Crippen LogP contribution in [0.25, 0.3) is 10.9 Å². The number of sulfone groups is 1. The molecule has 4 rings (SSSR count). The zero-order valence-electron chi connectivity index (χ0n) is 15.9. The van der Waals surface area contributed by atoms with E-state index in [9.17, 15) is 18.3 Å². The zero-order valence-corrected chi connectivity index (χ0v) is 17.6. The molecule has 0 bridgehead atoms. The number of nitrogens with one attached hydrogen (secondary N) is 2. The van der Waals surface area contributed by atoms with Crippen LogP contribution in [-0.2, 0) is 9.84 Å². The molecule has 30 heavy (non-hydrogen) atoms. The molecule has 2 heterocycles. The standard InChI is InChI=1S/C19H17N5O4S2/c1-10-16(22-24-19(26)29-10)11-3-8-15-14(9-11)17(18(25)20-15)23-21-12-4-6-13(7-5-12)30(2,27)28/h3-10,20,25H,1-2H3,(H,24,26). The molecule has 1 aliphatic heterocycles. The van der Waals surface area contributed by atoms with Crippen LogP contribution in [0.2, 0.25) is 0 Å². The largest absolute Gasteiger partial charge is 0.493 e. The molecule has 0 saturated carbocycles. The Bertz CT molecular complexity index is 1310. The Hall–Kier alpha value is -3.18. The Morgan fingerprint density at radius 1 is 1.13 bits per heavy atom. The number of carbonyl (C=O) groups is 1. The van der Waals surface area contributed by atoms with E-state index in [1.54, 1.807) is 6.07 Å². The maximum absolute atomic E-state index is 11.6. The molecule has 0 radical (unpaired) electrons. The predicted molar refractivity (Wildman–Crippen MR) is 116 cm³/mol. The molecule has 2 aromatic carbocycles. The van der Waals surface area contributed by atoms with E-state index in [4.69, 9.17) is 0 Å². The number of aromatic nitrogens is 1. The van der Waals surface area contributed by atoms with Gasteiger partial charge in [0.15, 0.2) is 15.5 Å². The Labute approximate surface area is 176 Å². The number of aromatic amines is 1. The molecule has 3 N–H and O–H groups in total. The lowest BCUT2D eigenvalue weighted by Gasteiger charge is -2.18. The monoisotopic (exact) mass is 443 g/mol. The number of azo groups is 1. The van der Waals surface area contributed by atoms with Crippen molar-refractivity contribution >= 4 is 54.8 Å². The van der Waals surface area contributed by atoms with Crippen molar-refractivity contribution in [3.05, 3.63) is 48.0 Å². The maximum Gasteiger partial charge on any atom is 0.299 e. The van der Waals surface area contributed by atoms with E-state index in [-0.39, 0.29) is 27.0 Å². The highest BCUT2D eigenvalue weighted by Gasteiger charge is 2.23. The highest BCUT2D eigenvalue weighted by Crippen LogP contribution is 2.37. The molecule has 1 aromatic heterocycles. The number of rotatable bonds is 4. The van der Waals surface area contributed by atoms with Gasteiger partial charge >= 0.3 is 0 Å². The van der Waals surface area contributed by atoms with Crippen molar-refractivity contribution in [2.45, 2.75) is 17.1 Å². The molecule has 1 amide bonds. The number of H-pyrrole nitrogens is 1. The summed E-state index contributed by atoms with van der Waals surface area (Å²) in [6.07, 6.45) is 1.13. The van der Waals surface area contributed by atoms with Crippen LogP contribution in [0.4, 0.5) is 16.2 Å². The van der Waals surface area contributed by atoms with E-state index < -0.39 is 9.84 Å². The number of aromatic hydroxyl groups is 1. The van der Waals surface area contributed by atoms with Crippen molar-refractivity contribution in [2.75, 3.05) is 6.26 Å². The van der Waals surface area contributed by atoms with Crippen LogP contribution in [0.1, 0.15) is 12.5 Å². The van der Waals surface area contributed by atoms with Crippen molar-refractivity contribution in [2.24, 2.45) is 15.3 Å². The number of nitrogens with zero attached hydrogens (tertiary/aromatic N) is 3. The second-order valence-corrected chi connectivity index (χ2v) is 10.0. The summed E-state index contributed by atoms with van der Waals surface area (Å²) in [4.78, 5) is 14.5. The van der Waals surface area contributed by atoms with Crippen LogP contribution in [0.5, 0.6) is 5.88 Å². The van der Waals surface area contributed by atoms with Gasteiger partial charge in [-0.25, -0.2) is 13.8 Å². The summed E-state index contributed by atoms with van der Waals surface area (Å²) in [6, 6.07) is 11.4. The normalized spacial score (nSPS) is 17.3. The Kier molecular flexibility index (Phi) is 5.08. The van der Waals surface area contributed by atoms with Crippen LogP contribution in [0, 0.1) is 0 Å². The molecule has 1 unspecified atom stereocenters. The summed E-state index contributed by atoms with van der Waals surface area (Å²) >= 11 is 1.15. The lowest BCUT2D eigenvalue weighted by Crippen LogP contribution is -2.29. The summed E-state index contributed by atoms with van der Waals surface area (Å²) in [7, 11) is -3.29. The van der Waals surface area contributed by atoms with Crippen molar-refractivity contribution in [3.8, 4) is 5.88 Å². The second-order valence-electron chi connectivity index (χ2n) is 6.71. The number of benzene rings is 2. The second kappa shape index (κ2) is 7.58. The first-order valence-electron chi connectivity index (χ1n) is 8.83. The van der Waals surface area contributed by atoms with Crippen molar-refractivity contribution in [1.29, 1.82) is 0 Å². The van der Waals surface area contributed by atoms with Gasteiger partial charge in [-0.2, -0.15) is 10.2 Å². The lowest BCUT2D eigenvalue weighted by molar-refractivity contribution is 0.261. The first-order valence-corrected chi connectivity index (χ1v) is 11.6. The summed E-state index contributed by atoms with van der Waals surface area (Å²) in [5.41, 5.74) is 5.31. The molecular formula is C19H17N5O4S2. The fraction of sp³-hybridized carbons (Fsp3) is 0.158. The van der Waals surface area contributed by atoms with E-state index in [0.29, 0.717) is 22.3 Å². The van der Waals surface area contributed by atoms with E-state index in [1.165, 1.54) is 24.3 Å². The van der Waals surface area contributed by atoms with Gasteiger partial charge in [-0.05, 0) is 48.9 Å². The third kappa shape index (κ3) is 3.94. The molecule has 9 nitrogen and oxygen atoms in total. The smallest absolute Gasteiger partial charge is 0.299 e. The van der Waals surface area contributed by atoms with Gasteiger partial charge in [0.25, 0.3) is 5.24 Å². The Morgan fingerprint density at radius 3 is 2.53 bits per heavy atom. The van der Waals surface area contributed by atoms with E-state index >= 15 is 0 Å². The first kappa shape index (κ1) is 20.1. The fourth-order valence-electron chi connectivity index (χ4n) is 3.03. The SMILES string of the molecule is CC1SC(=O)NN=C1c1ccc2[nH]c(O)c(N=Nc3ccc(S(C)(=O)=O)cc3)c2c1. The van der Waals surface area contributed by atoms with Gasteiger partial charge in [0, 0.05) is 11.6 Å². The fourth-order valence-corrected chi connectivity index (χ4v) is 4.38. The number of thioether (sulfide) groups is 1. The van der Waals surface area contributed by atoms with Crippen molar-refractivity contribution in [1.82, 2.24) is 10.4 Å². The summed E-state index contributed by atoms with van der Waals surface area (Å²) in [5.74, 6) is -0.139. The third-order valence-electron chi connectivity index (χ3n) is 4.51. The molecule has 3 aromatic rings. The summed E-state index contributed by atoms with van der Waals surface area (Å²) < 4.78 is 23.1. The predicted octanol–water partition coefficient (Wildman–Crippen LogP) is 4.24. The Morgan fingerprint density at radius 2 is 1.87 bits per heavy atom. The highest BCUT2D eigenvalue weighted by atomic mass is 32.2. The van der Waals surface area contributed by atoms with Gasteiger partial charge in [0.1, 0.15) is 0 Å². The minimum atomic E-state index is -3.29. The van der Waals surface area contributed by atoms with Crippen molar-refractivity contribution in [3.63, 3.8) is 0 Å². The van der Waals surface area contributed by atoms with E-state index in [0.717, 1.165) is 23.6 Å². The highest BCUT2D eigenvalue weighted by molar-refractivity contribution is 8.14. The molecule has 0 saturated heterocycles. The van der Waals surface area contributed by atoms with Gasteiger partial charge in [0.05, 0.1) is 27.1 Å². The van der Waals surface area contributed by atoms with Crippen molar-refractivity contribution < 1.29 is 18.3 Å². The van der Waals surface area contributed by atoms with Gasteiger partial charge in [0.2, 0.25) is 5.88 Å². The molecule has 0 spiro atoms. The minimum absolute atomic E-state index is 0.123. The van der Waals surface area contributed by atoms with Gasteiger partial charge < -0.3 is 10.1 Å². The van der Waals surface area contributed by atoms with Gasteiger partial charge in [-0.1, -0.05) is 17.8 Å². The number of hydrazone groups is 1. The number of hydrogen-bond donors (Lipinski definition) is 3. The van der Waals surface area contributed by atoms with Gasteiger partial charge in [-0.3, -0.25) is 4.79 Å². The zero-order chi connectivity index (χ0) is 21.5. The quantitative estimate of drug-likeness (QED) is 0.518. The maximum atomic E-state index is 11.6. The Balaban J connectivity index is 1.70. The molecule has 11 heteroatoms. The van der Waals surface area contributed by atoms with Crippen LogP contribution in [0.15, 0.2) is 62.7 Å². The van der Waals surface area contributed by atoms with E-state index in [2.05, 4.69) is 25.7 Å². The van der Waals surface area contributed by atoms with E-state index in [1.807, 2.05) is 19.1 Å². The third-order valence-corrected chi connectivity index (χ3v) is 6.53. The van der Waals surface area contributed by atoms with Gasteiger partial charge in [-0.15, -0.1) is 5.11 Å². The first-order chi connectivity index (χ1) is 14.2. The molecule has 0 fully saturated rings. The minimum Gasteiger partial charge on any atom is -0.493 e. The average Bonchev–Trinajstić information content (AvgIpc) is 3.00. The average molecular weight is 444 g/mol. The van der Waals surface area contributed by atoms with Crippen LogP contribution in [-0.4, -0.2) is 41.0 Å². The molecule has 154 valence electrons. The van der Waals surface area contributed by atoms with Crippen LogP contribution < -0.4 is 5.43 Å². The topological polar surface area (TPSA) is 136 Å². The number of fused-ring (bicyclic) bond motifs is 1. The number of amides is 1. The number of hydrogen-bond acceptors (Lipinski definition) is 8. The van der Waals surface area contributed by atoms with Crippen LogP contribution >= 0.6 is 11.8 Å². The lowest BCUT2D eigenvalue weighted by atomic mass is 10.1. The molecule has 1 aliphatic rings. The summed E-state index contributed by atoms with van der Waals surface area (Å²) in [5, 5.41) is 23.0. The molecule has 0 aliphatic carbocycles. The summed E-state index contributed by atoms with van der Waals surface area (Å²) in [6.45, 7) is 1.89.